The first-order chi connectivity index (χ1) is 17.2. The van der Waals surface area contributed by atoms with E-state index in [4.69, 9.17) is 4.74 Å². The lowest BCUT2D eigenvalue weighted by atomic mass is 9.90. The second-order valence-electron chi connectivity index (χ2n) is 9.64. The van der Waals surface area contributed by atoms with Crippen LogP contribution in [0.1, 0.15) is 37.7 Å². The van der Waals surface area contributed by atoms with Crippen LogP contribution in [0.5, 0.6) is 5.75 Å². The van der Waals surface area contributed by atoms with Gasteiger partial charge in [0.2, 0.25) is 0 Å². The van der Waals surface area contributed by atoms with Gasteiger partial charge in [0.1, 0.15) is 11.6 Å². The van der Waals surface area contributed by atoms with E-state index >= 15 is 0 Å². The molecule has 1 saturated heterocycles. The second-order valence-corrected chi connectivity index (χ2v) is 10.8. The molecule has 0 radical (unpaired) electrons. The summed E-state index contributed by atoms with van der Waals surface area (Å²) in [5, 5.41) is 0. The summed E-state index contributed by atoms with van der Waals surface area (Å²) in [5.74, 6) is 1.50. The van der Waals surface area contributed by atoms with Gasteiger partial charge >= 0.3 is 0 Å². The maximum Gasteiger partial charge on any atom is 0.123 e. The highest BCUT2D eigenvalue weighted by Gasteiger charge is 2.18. The molecule has 0 atom stereocenters. The Balaban J connectivity index is 1.04. The van der Waals surface area contributed by atoms with Crippen molar-refractivity contribution in [3.8, 4) is 17.0 Å². The zero-order valence-corrected chi connectivity index (χ0v) is 21.1. The average molecular weight is 492 g/mol. The van der Waals surface area contributed by atoms with Crippen molar-refractivity contribution in [1.82, 2.24) is 14.2 Å². The monoisotopic (exact) mass is 491 g/mol. The van der Waals surface area contributed by atoms with E-state index in [-0.39, 0.29) is 5.82 Å². The molecule has 0 N–H and O–H groups in total. The van der Waals surface area contributed by atoms with E-state index in [0.29, 0.717) is 0 Å². The van der Waals surface area contributed by atoms with Gasteiger partial charge in [-0.3, -0.25) is 9.88 Å². The van der Waals surface area contributed by atoms with Gasteiger partial charge in [0.05, 0.1) is 12.3 Å². The van der Waals surface area contributed by atoms with Gasteiger partial charge in [0, 0.05) is 49.4 Å². The second kappa shape index (κ2) is 12.0. The highest BCUT2D eigenvalue weighted by atomic mass is 32.2. The number of benzene rings is 2. The molecule has 2 aliphatic rings. The normalized spacial score (nSPS) is 18.0. The van der Waals surface area contributed by atoms with Gasteiger partial charge in [-0.2, -0.15) is 0 Å². The third-order valence-corrected chi connectivity index (χ3v) is 8.08. The van der Waals surface area contributed by atoms with Crippen LogP contribution in [0.4, 0.5) is 4.39 Å². The number of piperazine rings is 1. The summed E-state index contributed by atoms with van der Waals surface area (Å²) in [4.78, 5) is 8.34. The molecule has 4 nitrogen and oxygen atoms in total. The molecule has 0 spiro atoms. The first-order valence-electron chi connectivity index (χ1n) is 12.8. The Bertz CT molecular complexity index is 1040. The first kappa shape index (κ1) is 24.3. The van der Waals surface area contributed by atoms with E-state index < -0.39 is 0 Å². The van der Waals surface area contributed by atoms with Gasteiger partial charge in [-0.25, -0.2) is 8.70 Å². The van der Waals surface area contributed by atoms with Crippen molar-refractivity contribution in [1.29, 1.82) is 0 Å². The summed E-state index contributed by atoms with van der Waals surface area (Å²) in [7, 11) is 0. The van der Waals surface area contributed by atoms with Crippen LogP contribution in [0.15, 0.2) is 71.8 Å². The van der Waals surface area contributed by atoms with Crippen molar-refractivity contribution < 1.29 is 9.13 Å². The van der Waals surface area contributed by atoms with Crippen molar-refractivity contribution in [2.24, 2.45) is 5.92 Å². The fraction of sp³-hybridized carbons (Fsp3) is 0.414. The largest absolute Gasteiger partial charge is 0.493 e. The maximum absolute atomic E-state index is 13.1. The van der Waals surface area contributed by atoms with Crippen LogP contribution in [0.25, 0.3) is 11.3 Å². The number of ether oxygens (including phenoxy) is 1. The van der Waals surface area contributed by atoms with Crippen LogP contribution in [0.2, 0.25) is 0 Å². The molecule has 3 aromatic rings. The molecule has 0 bridgehead atoms. The highest BCUT2D eigenvalue weighted by Crippen LogP contribution is 2.28. The van der Waals surface area contributed by atoms with Crippen LogP contribution in [-0.4, -0.2) is 47.0 Å². The van der Waals surface area contributed by atoms with Crippen LogP contribution in [0.3, 0.4) is 0 Å². The van der Waals surface area contributed by atoms with Gasteiger partial charge in [0.15, 0.2) is 0 Å². The topological polar surface area (TPSA) is 28.6 Å². The summed E-state index contributed by atoms with van der Waals surface area (Å²) < 4.78 is 21.6. The molecule has 184 valence electrons. The Hall–Kier alpha value is -2.41. The fourth-order valence-corrected chi connectivity index (χ4v) is 5.76. The number of pyridine rings is 1. The number of nitrogens with zero attached hydrogens (tertiary/aromatic N) is 3. The number of aromatic nitrogens is 1. The standard InChI is InChI=1S/C29H34FN3OS/c30-26-9-7-25(8-10-26)29-15-6-24(20-31-29)21-32-16-18-33(19-17-32)35-28-13-11-27(12-14-28)34-22-23-4-2-1-3-5-23/h6-15,20,23H,1-5,16-19,21-22H2. The predicted molar refractivity (Wildman–Crippen MR) is 141 cm³/mol. The SMILES string of the molecule is Fc1ccc(-c2ccc(CN3CCN(Sc4ccc(OCC5CCCCC5)cc4)CC3)cn2)cc1. The summed E-state index contributed by atoms with van der Waals surface area (Å²) in [6, 6.07) is 19.2. The minimum Gasteiger partial charge on any atom is -0.493 e. The lowest BCUT2D eigenvalue weighted by molar-refractivity contribution is 0.189. The molecular weight excluding hydrogens is 457 g/mol. The Morgan fingerprint density at radius 1 is 0.857 bits per heavy atom. The van der Waals surface area contributed by atoms with Gasteiger partial charge in [0.25, 0.3) is 0 Å². The predicted octanol–water partition coefficient (Wildman–Crippen LogP) is 6.67. The van der Waals surface area contributed by atoms with E-state index in [1.807, 2.05) is 24.2 Å². The minimum atomic E-state index is -0.224. The summed E-state index contributed by atoms with van der Waals surface area (Å²) >= 11 is 1.84. The van der Waals surface area contributed by atoms with Crippen molar-refractivity contribution in [2.45, 2.75) is 43.5 Å². The van der Waals surface area contributed by atoms with Gasteiger partial charge in [-0.05, 0) is 90.9 Å². The van der Waals surface area contributed by atoms with Crippen molar-refractivity contribution in [3.63, 3.8) is 0 Å². The number of halogens is 1. The summed E-state index contributed by atoms with van der Waals surface area (Å²) in [6.45, 7) is 5.91. The van der Waals surface area contributed by atoms with E-state index in [2.05, 4.69) is 44.5 Å². The third kappa shape index (κ3) is 7.06. The molecule has 2 fully saturated rings. The molecule has 1 aromatic heterocycles. The quantitative estimate of drug-likeness (QED) is 0.328. The fourth-order valence-electron chi connectivity index (χ4n) is 4.86. The van der Waals surface area contributed by atoms with Crippen molar-refractivity contribution in [3.05, 3.63) is 78.2 Å². The lowest BCUT2D eigenvalue weighted by Gasteiger charge is -2.33. The van der Waals surface area contributed by atoms with Gasteiger partial charge in [-0.1, -0.05) is 25.3 Å². The molecule has 1 saturated carbocycles. The molecule has 2 heterocycles. The van der Waals surface area contributed by atoms with Gasteiger partial charge < -0.3 is 4.74 Å². The van der Waals surface area contributed by atoms with Crippen LogP contribution in [0, 0.1) is 11.7 Å². The molecule has 1 aliphatic heterocycles. The van der Waals surface area contributed by atoms with E-state index in [1.54, 1.807) is 12.1 Å². The average Bonchev–Trinajstić information content (AvgIpc) is 2.91. The molecule has 2 aromatic carbocycles. The zero-order valence-electron chi connectivity index (χ0n) is 20.2. The summed E-state index contributed by atoms with van der Waals surface area (Å²) in [5.41, 5.74) is 3.02. The Kier molecular flexibility index (Phi) is 8.34. The van der Waals surface area contributed by atoms with Gasteiger partial charge in [-0.15, -0.1) is 0 Å². The molecule has 5 rings (SSSR count). The molecule has 1 aliphatic carbocycles. The smallest absolute Gasteiger partial charge is 0.123 e. The molecule has 6 heteroatoms. The Morgan fingerprint density at radius 2 is 1.60 bits per heavy atom. The molecule has 0 unspecified atom stereocenters. The molecule has 0 amide bonds. The van der Waals surface area contributed by atoms with Crippen LogP contribution >= 0.6 is 11.9 Å². The Morgan fingerprint density at radius 3 is 2.29 bits per heavy atom. The maximum atomic E-state index is 13.1. The minimum absolute atomic E-state index is 0.224. The van der Waals surface area contributed by atoms with E-state index in [0.717, 1.165) is 62.3 Å². The molecular formula is C29H34FN3OS. The van der Waals surface area contributed by atoms with Crippen LogP contribution < -0.4 is 4.74 Å². The lowest BCUT2D eigenvalue weighted by Crippen LogP contribution is -2.42. The third-order valence-electron chi connectivity index (χ3n) is 6.97. The Labute approximate surface area is 212 Å². The zero-order chi connectivity index (χ0) is 23.9. The van der Waals surface area contributed by atoms with Crippen molar-refractivity contribution >= 4 is 11.9 Å². The van der Waals surface area contributed by atoms with E-state index in [9.17, 15) is 4.39 Å². The number of hydrogen-bond donors (Lipinski definition) is 0. The van der Waals surface area contributed by atoms with Crippen molar-refractivity contribution in [2.75, 3.05) is 32.8 Å². The number of hydrogen-bond acceptors (Lipinski definition) is 5. The van der Waals surface area contributed by atoms with E-state index in [1.165, 1.54) is 54.7 Å². The highest BCUT2D eigenvalue weighted by molar-refractivity contribution is 7.97. The molecule has 35 heavy (non-hydrogen) atoms. The summed E-state index contributed by atoms with van der Waals surface area (Å²) in [6.07, 6.45) is 8.68. The first-order valence-corrected chi connectivity index (χ1v) is 13.6. The van der Waals surface area contributed by atoms with Crippen LogP contribution in [-0.2, 0) is 6.54 Å². The number of rotatable bonds is 8.